The van der Waals surface area contributed by atoms with E-state index in [0.717, 1.165) is 17.7 Å². The molecule has 1 rings (SSSR count). The first-order valence-corrected chi connectivity index (χ1v) is 3.47. The van der Waals surface area contributed by atoms with E-state index in [1.54, 1.807) is 5.48 Å². The Morgan fingerprint density at radius 1 is 1.42 bits per heavy atom. The van der Waals surface area contributed by atoms with Gasteiger partial charge in [0.2, 0.25) is 0 Å². The van der Waals surface area contributed by atoms with Crippen LogP contribution < -0.4 is 5.48 Å². The topological polar surface area (TPSA) is 70.4 Å². The van der Waals surface area contributed by atoms with Crippen LogP contribution >= 0.6 is 0 Å². The molecule has 0 spiro atoms. The summed E-state index contributed by atoms with van der Waals surface area (Å²) in [6, 6.07) is 1.85. The Hall–Kier alpha value is -1.49. The summed E-state index contributed by atoms with van der Waals surface area (Å²) in [5.41, 5.74) is 3.49. The van der Waals surface area contributed by atoms with Gasteiger partial charge in [0.15, 0.2) is 0 Å². The van der Waals surface area contributed by atoms with Gasteiger partial charge >= 0.3 is 0 Å². The molecule has 0 aromatic carbocycles. The molecule has 0 bridgehead atoms. The van der Waals surface area contributed by atoms with Gasteiger partial charge in [-0.1, -0.05) is 0 Å². The maximum Gasteiger partial charge on any atom is 0.251 e. The molecule has 0 radical (unpaired) electrons. The number of hydrogen-bond donors (Lipinski definition) is 2. The van der Waals surface area contributed by atoms with Gasteiger partial charge < -0.3 is 0 Å². The predicted octanol–water partition coefficient (Wildman–Crippen LogP) is 0.732. The van der Waals surface area contributed by atoms with Gasteiger partial charge in [-0.2, -0.15) is 4.99 Å². The van der Waals surface area contributed by atoms with Crippen molar-refractivity contribution >= 4 is 12.3 Å². The summed E-state index contributed by atoms with van der Waals surface area (Å²) in [4.78, 5) is 11.8. The SMILES string of the molecule is Cc1cc(C)nc(/N=C/NO)n1. The molecule has 0 aliphatic rings. The average Bonchev–Trinajstić information content (AvgIpc) is 1.99. The predicted molar refractivity (Wildman–Crippen MR) is 44.6 cm³/mol. The molecule has 0 aliphatic carbocycles. The zero-order valence-electron chi connectivity index (χ0n) is 6.94. The van der Waals surface area contributed by atoms with Crippen LogP contribution in [0, 0.1) is 13.8 Å². The maximum absolute atomic E-state index is 8.21. The van der Waals surface area contributed by atoms with Crippen molar-refractivity contribution in [3.05, 3.63) is 17.5 Å². The number of aliphatic imine (C=N–C) groups is 1. The number of nitrogens with one attached hydrogen (secondary N) is 1. The van der Waals surface area contributed by atoms with Crippen LogP contribution in [0.5, 0.6) is 0 Å². The quantitative estimate of drug-likeness (QED) is 0.386. The number of aryl methyl sites for hydroxylation is 2. The highest BCUT2D eigenvalue weighted by molar-refractivity contribution is 5.56. The second kappa shape index (κ2) is 3.77. The highest BCUT2D eigenvalue weighted by Gasteiger charge is 1.94. The number of aromatic nitrogens is 2. The van der Waals surface area contributed by atoms with E-state index in [-0.39, 0.29) is 0 Å². The molecular formula is C7H10N4O. The first-order valence-electron chi connectivity index (χ1n) is 3.47. The van der Waals surface area contributed by atoms with Crippen molar-refractivity contribution in [3.63, 3.8) is 0 Å². The molecule has 1 aromatic heterocycles. The third kappa shape index (κ3) is 2.28. The summed E-state index contributed by atoms with van der Waals surface area (Å²) in [7, 11) is 0. The van der Waals surface area contributed by atoms with E-state index in [2.05, 4.69) is 15.0 Å². The standard InChI is InChI=1S/C7H10N4O/c1-5-3-6(2)11-7(10-5)8-4-9-12/h3-4,12H,1-2H3,(H,8,9,10,11). The van der Waals surface area contributed by atoms with Crippen molar-refractivity contribution in [1.82, 2.24) is 15.4 Å². The van der Waals surface area contributed by atoms with E-state index < -0.39 is 0 Å². The van der Waals surface area contributed by atoms with Gasteiger partial charge in [0.05, 0.1) is 0 Å². The van der Waals surface area contributed by atoms with Crippen molar-refractivity contribution in [2.75, 3.05) is 0 Å². The molecular weight excluding hydrogens is 156 g/mol. The fourth-order valence-corrected chi connectivity index (χ4v) is 0.852. The molecule has 0 amide bonds. The Labute approximate surface area is 70.2 Å². The maximum atomic E-state index is 8.21. The van der Waals surface area contributed by atoms with Crippen molar-refractivity contribution in [2.45, 2.75) is 13.8 Å². The molecule has 64 valence electrons. The first kappa shape index (κ1) is 8.61. The molecule has 0 aliphatic heterocycles. The number of rotatable bonds is 2. The monoisotopic (exact) mass is 166 g/mol. The fourth-order valence-electron chi connectivity index (χ4n) is 0.852. The van der Waals surface area contributed by atoms with Crippen LogP contribution in [-0.2, 0) is 0 Å². The van der Waals surface area contributed by atoms with Gasteiger partial charge in [-0.25, -0.2) is 9.97 Å². The summed E-state index contributed by atoms with van der Waals surface area (Å²) >= 11 is 0. The third-order valence-corrected chi connectivity index (χ3v) is 1.21. The first-order chi connectivity index (χ1) is 5.72. The smallest absolute Gasteiger partial charge is 0.251 e. The summed E-state index contributed by atoms with van der Waals surface area (Å²) in [6.45, 7) is 3.72. The Kier molecular flexibility index (Phi) is 2.71. The number of nitrogens with zero attached hydrogens (tertiary/aromatic N) is 3. The van der Waals surface area contributed by atoms with Crippen LogP contribution in [0.25, 0.3) is 0 Å². The molecule has 1 aromatic rings. The summed E-state index contributed by atoms with van der Waals surface area (Å²) in [5.74, 6) is 0.342. The van der Waals surface area contributed by atoms with Gasteiger partial charge in [0, 0.05) is 11.4 Å². The van der Waals surface area contributed by atoms with Crippen LogP contribution in [-0.4, -0.2) is 21.5 Å². The van der Waals surface area contributed by atoms with Crippen molar-refractivity contribution < 1.29 is 5.21 Å². The van der Waals surface area contributed by atoms with E-state index in [4.69, 9.17) is 5.21 Å². The second-order valence-electron chi connectivity index (χ2n) is 2.34. The lowest BCUT2D eigenvalue weighted by Gasteiger charge is -1.96. The molecule has 12 heavy (non-hydrogen) atoms. The molecule has 0 atom stereocenters. The van der Waals surface area contributed by atoms with Crippen LogP contribution in [0.2, 0.25) is 0 Å². The van der Waals surface area contributed by atoms with Gasteiger partial charge in [-0.3, -0.25) is 10.7 Å². The molecule has 0 saturated carbocycles. The van der Waals surface area contributed by atoms with E-state index in [1.807, 2.05) is 19.9 Å². The van der Waals surface area contributed by atoms with Crippen molar-refractivity contribution in [3.8, 4) is 0 Å². The average molecular weight is 166 g/mol. The lowest BCUT2D eigenvalue weighted by Crippen LogP contribution is -2.01. The fraction of sp³-hybridized carbons (Fsp3) is 0.286. The highest BCUT2D eigenvalue weighted by Crippen LogP contribution is 2.05. The van der Waals surface area contributed by atoms with Gasteiger partial charge in [0.1, 0.15) is 6.34 Å². The number of hydroxylamine groups is 1. The van der Waals surface area contributed by atoms with E-state index in [0.29, 0.717) is 5.95 Å². The summed E-state index contributed by atoms with van der Waals surface area (Å²) in [5, 5.41) is 8.21. The Balaban J connectivity index is 2.93. The van der Waals surface area contributed by atoms with Crippen LogP contribution in [0.3, 0.4) is 0 Å². The second-order valence-corrected chi connectivity index (χ2v) is 2.34. The minimum atomic E-state index is 0.342. The summed E-state index contributed by atoms with van der Waals surface area (Å²) < 4.78 is 0. The zero-order chi connectivity index (χ0) is 8.97. The molecule has 0 unspecified atom stereocenters. The minimum Gasteiger partial charge on any atom is -0.290 e. The molecule has 0 saturated heterocycles. The molecule has 5 nitrogen and oxygen atoms in total. The van der Waals surface area contributed by atoms with Gasteiger partial charge in [-0.15, -0.1) is 0 Å². The summed E-state index contributed by atoms with van der Waals surface area (Å²) in [6.07, 6.45) is 1.12. The third-order valence-electron chi connectivity index (χ3n) is 1.21. The minimum absolute atomic E-state index is 0.342. The number of hydrogen-bond acceptors (Lipinski definition) is 4. The van der Waals surface area contributed by atoms with E-state index in [9.17, 15) is 0 Å². The van der Waals surface area contributed by atoms with Crippen molar-refractivity contribution in [2.24, 2.45) is 4.99 Å². The Bertz CT molecular complexity index is 277. The van der Waals surface area contributed by atoms with Crippen LogP contribution in [0.15, 0.2) is 11.1 Å². The molecule has 5 heteroatoms. The zero-order valence-corrected chi connectivity index (χ0v) is 6.94. The lowest BCUT2D eigenvalue weighted by molar-refractivity contribution is 0.240. The van der Waals surface area contributed by atoms with Gasteiger partial charge in [-0.05, 0) is 19.9 Å². The molecule has 1 heterocycles. The van der Waals surface area contributed by atoms with E-state index >= 15 is 0 Å². The van der Waals surface area contributed by atoms with Crippen LogP contribution in [0.4, 0.5) is 5.95 Å². The largest absolute Gasteiger partial charge is 0.290 e. The Morgan fingerprint density at radius 3 is 2.50 bits per heavy atom. The Morgan fingerprint density at radius 2 is 2.00 bits per heavy atom. The van der Waals surface area contributed by atoms with Gasteiger partial charge in [0.25, 0.3) is 5.95 Å². The van der Waals surface area contributed by atoms with Crippen molar-refractivity contribution in [1.29, 1.82) is 0 Å². The molecule has 2 N–H and O–H groups in total. The van der Waals surface area contributed by atoms with E-state index in [1.165, 1.54) is 0 Å². The van der Waals surface area contributed by atoms with Crippen LogP contribution in [0.1, 0.15) is 11.4 Å². The lowest BCUT2D eigenvalue weighted by atomic mass is 10.4. The normalized spacial score (nSPS) is 10.6. The highest BCUT2D eigenvalue weighted by atomic mass is 16.5. The molecule has 0 fully saturated rings.